The highest BCUT2D eigenvalue weighted by atomic mass is 14.4. The van der Waals surface area contributed by atoms with Crippen LogP contribution in [0.4, 0.5) is 0 Å². The number of hydrogen-bond donors (Lipinski definition) is 0. The molecule has 0 nitrogen and oxygen atoms in total. The average molecular weight is 336 g/mol. The lowest BCUT2D eigenvalue weighted by atomic mass is 9.71. The normalized spacial score (nSPS) is 19.6. The molecule has 0 amide bonds. The summed E-state index contributed by atoms with van der Waals surface area (Å²) in [5.74, 6) is 0. The van der Waals surface area contributed by atoms with Crippen LogP contribution in [0.2, 0.25) is 0 Å². The van der Waals surface area contributed by atoms with Crippen LogP contribution >= 0.6 is 0 Å². The maximum atomic E-state index is 2.47. The Kier molecular flexibility index (Phi) is 3.43. The van der Waals surface area contributed by atoms with E-state index in [4.69, 9.17) is 0 Å². The van der Waals surface area contributed by atoms with Gasteiger partial charge in [-0.2, -0.15) is 0 Å². The standard InChI is InChI=1S/C26H24/c1-18-12-13-22-23(16-18)26(14-8-4-3-5-9-15-26)24-17-19(2)20-10-6-7-11-21(20)25(22)24/h4-13,16-17H,3,14-15H2,1-2H3/b8-4-,9-5-. The van der Waals surface area contributed by atoms with Gasteiger partial charge in [0.1, 0.15) is 0 Å². The molecule has 0 saturated carbocycles. The van der Waals surface area contributed by atoms with Crippen LogP contribution in [-0.4, -0.2) is 0 Å². The summed E-state index contributed by atoms with van der Waals surface area (Å²) in [5.41, 5.74) is 8.74. The molecule has 0 unspecified atom stereocenters. The number of hydrogen-bond acceptors (Lipinski definition) is 0. The molecule has 3 aromatic rings. The molecule has 128 valence electrons. The molecule has 0 radical (unpaired) electrons. The number of fused-ring (bicyclic) bond motifs is 7. The van der Waals surface area contributed by atoms with Crippen molar-refractivity contribution in [3.63, 3.8) is 0 Å². The minimum absolute atomic E-state index is 0.0684. The summed E-state index contributed by atoms with van der Waals surface area (Å²) in [5, 5.41) is 2.78. The Morgan fingerprint density at radius 3 is 2.23 bits per heavy atom. The summed E-state index contributed by atoms with van der Waals surface area (Å²) in [4.78, 5) is 0. The first-order valence-corrected chi connectivity index (χ1v) is 9.65. The van der Waals surface area contributed by atoms with E-state index in [1.165, 1.54) is 44.2 Å². The van der Waals surface area contributed by atoms with Crippen LogP contribution in [0.5, 0.6) is 0 Å². The van der Waals surface area contributed by atoms with E-state index in [9.17, 15) is 0 Å². The van der Waals surface area contributed by atoms with Crippen LogP contribution in [0.15, 0.2) is 72.8 Å². The second-order valence-corrected chi connectivity index (χ2v) is 7.88. The Hall–Kier alpha value is -2.60. The van der Waals surface area contributed by atoms with E-state index in [-0.39, 0.29) is 5.41 Å². The number of rotatable bonds is 0. The summed E-state index contributed by atoms with van der Waals surface area (Å²) < 4.78 is 0. The van der Waals surface area contributed by atoms with Crippen LogP contribution in [0.25, 0.3) is 21.9 Å². The SMILES string of the molecule is Cc1ccc2c(c1)C1(C/C=C\C/C=C\C1)c1cc(C)c3ccccc3c1-2. The first-order chi connectivity index (χ1) is 12.7. The molecule has 2 aliphatic carbocycles. The highest BCUT2D eigenvalue weighted by Crippen LogP contribution is 2.56. The van der Waals surface area contributed by atoms with Gasteiger partial charge in [-0.3, -0.25) is 0 Å². The maximum absolute atomic E-state index is 2.47. The second kappa shape index (κ2) is 5.71. The molecule has 0 atom stereocenters. The fourth-order valence-corrected chi connectivity index (χ4v) is 5.00. The summed E-state index contributed by atoms with van der Waals surface area (Å²) in [6.07, 6.45) is 12.7. The maximum Gasteiger partial charge on any atom is 0.0284 e. The van der Waals surface area contributed by atoms with E-state index in [2.05, 4.69) is 86.7 Å². The van der Waals surface area contributed by atoms with Gasteiger partial charge >= 0.3 is 0 Å². The Bertz CT molecular complexity index is 1060. The van der Waals surface area contributed by atoms with Crippen molar-refractivity contribution in [2.45, 2.75) is 38.5 Å². The topological polar surface area (TPSA) is 0 Å². The lowest BCUT2D eigenvalue weighted by Crippen LogP contribution is -2.24. The fraction of sp³-hybridized carbons (Fsp3) is 0.231. The van der Waals surface area contributed by atoms with Gasteiger partial charge in [-0.05, 0) is 71.7 Å². The van der Waals surface area contributed by atoms with E-state index in [0.717, 1.165) is 19.3 Å². The molecule has 0 fully saturated rings. The molecule has 0 aliphatic heterocycles. The van der Waals surface area contributed by atoms with Crippen molar-refractivity contribution in [1.29, 1.82) is 0 Å². The molecule has 3 aromatic carbocycles. The molecule has 0 aromatic heterocycles. The molecule has 2 aliphatic rings. The molecule has 5 rings (SSSR count). The second-order valence-electron chi connectivity index (χ2n) is 7.88. The van der Waals surface area contributed by atoms with Crippen LogP contribution in [0.1, 0.15) is 41.5 Å². The van der Waals surface area contributed by atoms with Gasteiger partial charge < -0.3 is 0 Å². The van der Waals surface area contributed by atoms with Gasteiger partial charge in [0.05, 0.1) is 0 Å². The van der Waals surface area contributed by atoms with E-state index < -0.39 is 0 Å². The third-order valence-corrected chi connectivity index (χ3v) is 6.27. The van der Waals surface area contributed by atoms with Crippen molar-refractivity contribution < 1.29 is 0 Å². The lowest BCUT2D eigenvalue weighted by molar-refractivity contribution is 0.539. The quantitative estimate of drug-likeness (QED) is 0.387. The molecular formula is C26H24. The molecule has 0 N–H and O–H groups in total. The smallest absolute Gasteiger partial charge is 0.0284 e. The molecule has 0 saturated heterocycles. The molecule has 1 spiro atoms. The van der Waals surface area contributed by atoms with Crippen molar-refractivity contribution in [2.24, 2.45) is 0 Å². The van der Waals surface area contributed by atoms with Crippen molar-refractivity contribution >= 4 is 10.8 Å². The van der Waals surface area contributed by atoms with Crippen LogP contribution < -0.4 is 0 Å². The van der Waals surface area contributed by atoms with Crippen molar-refractivity contribution in [1.82, 2.24) is 0 Å². The van der Waals surface area contributed by atoms with Crippen LogP contribution in [0, 0.1) is 13.8 Å². The number of allylic oxidation sites excluding steroid dienone is 4. The van der Waals surface area contributed by atoms with Gasteiger partial charge in [0, 0.05) is 5.41 Å². The van der Waals surface area contributed by atoms with Crippen LogP contribution in [0.3, 0.4) is 0 Å². The van der Waals surface area contributed by atoms with Gasteiger partial charge in [-0.1, -0.05) is 78.4 Å². The highest BCUT2D eigenvalue weighted by molar-refractivity contribution is 6.04. The minimum Gasteiger partial charge on any atom is -0.0870 e. The Labute approximate surface area is 155 Å². The van der Waals surface area contributed by atoms with Crippen molar-refractivity contribution in [3.8, 4) is 11.1 Å². The van der Waals surface area contributed by atoms with Crippen LogP contribution in [-0.2, 0) is 5.41 Å². The monoisotopic (exact) mass is 336 g/mol. The van der Waals surface area contributed by atoms with Gasteiger partial charge in [0.15, 0.2) is 0 Å². The summed E-state index contributed by atoms with van der Waals surface area (Å²) >= 11 is 0. The molecule has 0 heterocycles. The lowest BCUT2D eigenvalue weighted by Gasteiger charge is -2.31. The van der Waals surface area contributed by atoms with E-state index in [1.54, 1.807) is 0 Å². The Balaban J connectivity index is 1.93. The third kappa shape index (κ3) is 2.08. The number of benzene rings is 3. The Morgan fingerprint density at radius 1 is 0.731 bits per heavy atom. The predicted octanol–water partition coefficient (Wildman–Crippen LogP) is 7.02. The number of aryl methyl sites for hydroxylation is 2. The largest absolute Gasteiger partial charge is 0.0870 e. The predicted molar refractivity (Wildman–Crippen MR) is 112 cm³/mol. The molecule has 0 heteroatoms. The average Bonchev–Trinajstić information content (AvgIpc) is 2.88. The highest BCUT2D eigenvalue weighted by Gasteiger charge is 2.42. The molecule has 26 heavy (non-hydrogen) atoms. The fourth-order valence-electron chi connectivity index (χ4n) is 5.00. The van der Waals surface area contributed by atoms with Gasteiger partial charge in [0.25, 0.3) is 0 Å². The summed E-state index contributed by atoms with van der Waals surface area (Å²) in [6.45, 7) is 4.48. The Morgan fingerprint density at radius 2 is 1.46 bits per heavy atom. The van der Waals surface area contributed by atoms with E-state index in [0.29, 0.717) is 0 Å². The minimum atomic E-state index is 0.0684. The van der Waals surface area contributed by atoms with Crippen molar-refractivity contribution in [2.75, 3.05) is 0 Å². The zero-order valence-corrected chi connectivity index (χ0v) is 15.5. The third-order valence-electron chi connectivity index (χ3n) is 6.27. The first-order valence-electron chi connectivity index (χ1n) is 9.65. The molecular weight excluding hydrogens is 312 g/mol. The summed E-state index contributed by atoms with van der Waals surface area (Å²) in [7, 11) is 0. The summed E-state index contributed by atoms with van der Waals surface area (Å²) in [6, 6.07) is 18.4. The van der Waals surface area contributed by atoms with Gasteiger partial charge in [-0.15, -0.1) is 0 Å². The van der Waals surface area contributed by atoms with Crippen molar-refractivity contribution in [3.05, 3.63) is 95.1 Å². The van der Waals surface area contributed by atoms with Gasteiger partial charge in [0.2, 0.25) is 0 Å². The zero-order chi connectivity index (χ0) is 17.7. The van der Waals surface area contributed by atoms with Gasteiger partial charge in [-0.25, -0.2) is 0 Å². The first kappa shape index (κ1) is 15.6. The molecule has 0 bridgehead atoms. The van der Waals surface area contributed by atoms with E-state index >= 15 is 0 Å². The van der Waals surface area contributed by atoms with E-state index in [1.807, 2.05) is 0 Å². The zero-order valence-electron chi connectivity index (χ0n) is 15.5.